The van der Waals surface area contributed by atoms with Crippen LogP contribution in [0.1, 0.15) is 22.8 Å². The SMILES string of the molecule is CCONC(=O)c1ccc2c(c1)CCN2S(C)(=O)=O. The topological polar surface area (TPSA) is 75.7 Å². The number of carbonyl (C=O) groups excluding carboxylic acids is 1. The van der Waals surface area contributed by atoms with Gasteiger partial charge in [0.2, 0.25) is 10.0 Å². The number of anilines is 1. The molecule has 1 aliphatic rings. The number of nitrogens with one attached hydrogen (secondary N) is 1. The average molecular weight is 284 g/mol. The van der Waals surface area contributed by atoms with Gasteiger partial charge in [-0.3, -0.25) is 13.9 Å². The van der Waals surface area contributed by atoms with E-state index >= 15 is 0 Å². The van der Waals surface area contributed by atoms with Gasteiger partial charge in [-0.1, -0.05) is 0 Å². The zero-order chi connectivity index (χ0) is 14.0. The minimum atomic E-state index is -3.26. The number of hydrogen-bond donors (Lipinski definition) is 1. The van der Waals surface area contributed by atoms with Gasteiger partial charge in [0.1, 0.15) is 0 Å². The van der Waals surface area contributed by atoms with Crippen molar-refractivity contribution in [3.8, 4) is 0 Å². The third kappa shape index (κ3) is 2.87. The number of fused-ring (bicyclic) bond motifs is 1. The fourth-order valence-electron chi connectivity index (χ4n) is 2.05. The molecule has 1 aliphatic heterocycles. The first-order valence-electron chi connectivity index (χ1n) is 5.96. The molecule has 0 fully saturated rings. The standard InChI is InChI=1S/C12H16N2O4S/c1-3-18-13-12(15)10-4-5-11-9(8-10)6-7-14(11)19(2,16)17/h4-5,8H,3,6-7H2,1-2H3,(H,13,15). The quantitative estimate of drug-likeness (QED) is 0.825. The molecule has 0 radical (unpaired) electrons. The number of sulfonamides is 1. The van der Waals surface area contributed by atoms with E-state index in [1.165, 1.54) is 10.6 Å². The Bertz CT molecular complexity index is 598. The van der Waals surface area contributed by atoms with Crippen LogP contribution in [0.2, 0.25) is 0 Å². The third-order valence-corrected chi connectivity index (χ3v) is 4.08. The predicted molar refractivity (Wildman–Crippen MR) is 71.4 cm³/mol. The minimum absolute atomic E-state index is 0.331. The van der Waals surface area contributed by atoms with Crippen molar-refractivity contribution >= 4 is 21.6 Å². The molecular formula is C12H16N2O4S. The highest BCUT2D eigenvalue weighted by atomic mass is 32.2. The molecule has 0 unspecified atom stereocenters. The van der Waals surface area contributed by atoms with Gasteiger partial charge in [-0.15, -0.1) is 0 Å². The Labute approximate surface area is 112 Å². The van der Waals surface area contributed by atoms with E-state index in [1.807, 2.05) is 0 Å². The summed E-state index contributed by atoms with van der Waals surface area (Å²) < 4.78 is 24.5. The fraction of sp³-hybridized carbons (Fsp3) is 0.417. The Kier molecular flexibility index (Phi) is 3.77. The normalized spacial score (nSPS) is 14.3. The second kappa shape index (κ2) is 5.18. The smallest absolute Gasteiger partial charge is 0.274 e. The summed E-state index contributed by atoms with van der Waals surface area (Å²) in [6.45, 7) is 2.58. The highest BCUT2D eigenvalue weighted by Crippen LogP contribution is 2.30. The van der Waals surface area contributed by atoms with Crippen LogP contribution in [-0.2, 0) is 21.3 Å². The van der Waals surface area contributed by atoms with Gasteiger partial charge >= 0.3 is 0 Å². The van der Waals surface area contributed by atoms with E-state index in [9.17, 15) is 13.2 Å². The van der Waals surface area contributed by atoms with Crippen LogP contribution in [0.15, 0.2) is 18.2 Å². The maximum absolute atomic E-state index is 11.7. The Morgan fingerprint density at radius 2 is 2.21 bits per heavy atom. The molecule has 0 atom stereocenters. The van der Waals surface area contributed by atoms with E-state index in [2.05, 4.69) is 5.48 Å². The van der Waals surface area contributed by atoms with Crippen LogP contribution in [0, 0.1) is 0 Å². The molecule has 0 aliphatic carbocycles. The zero-order valence-corrected chi connectivity index (χ0v) is 11.7. The Balaban J connectivity index is 2.25. The van der Waals surface area contributed by atoms with Crippen molar-refractivity contribution in [3.05, 3.63) is 29.3 Å². The van der Waals surface area contributed by atoms with Crippen LogP contribution >= 0.6 is 0 Å². The van der Waals surface area contributed by atoms with Gasteiger partial charge in [0.15, 0.2) is 0 Å². The molecule has 0 spiro atoms. The average Bonchev–Trinajstić information content (AvgIpc) is 2.78. The molecule has 1 N–H and O–H groups in total. The van der Waals surface area contributed by atoms with Crippen LogP contribution < -0.4 is 9.79 Å². The lowest BCUT2D eigenvalue weighted by atomic mass is 10.1. The number of amides is 1. The van der Waals surface area contributed by atoms with Crippen molar-refractivity contribution in [1.82, 2.24) is 5.48 Å². The lowest BCUT2D eigenvalue weighted by Crippen LogP contribution is -2.27. The first kappa shape index (κ1) is 13.8. The van der Waals surface area contributed by atoms with E-state index in [0.29, 0.717) is 30.8 Å². The van der Waals surface area contributed by atoms with Crippen LogP contribution in [0.3, 0.4) is 0 Å². The van der Waals surface area contributed by atoms with Crippen molar-refractivity contribution in [2.75, 3.05) is 23.7 Å². The van der Waals surface area contributed by atoms with Crippen molar-refractivity contribution in [2.24, 2.45) is 0 Å². The van der Waals surface area contributed by atoms with Crippen molar-refractivity contribution in [3.63, 3.8) is 0 Å². The van der Waals surface area contributed by atoms with Crippen molar-refractivity contribution in [2.45, 2.75) is 13.3 Å². The predicted octanol–water partition coefficient (Wildman–Crippen LogP) is 0.690. The number of hydrogen-bond acceptors (Lipinski definition) is 4. The van der Waals surface area contributed by atoms with Gasteiger partial charge in [0.25, 0.3) is 5.91 Å². The van der Waals surface area contributed by atoms with Gasteiger partial charge in [-0.2, -0.15) is 0 Å². The Hall–Kier alpha value is -1.60. The summed E-state index contributed by atoms with van der Waals surface area (Å²) in [4.78, 5) is 16.6. The van der Waals surface area contributed by atoms with E-state index in [4.69, 9.17) is 4.84 Å². The molecule has 1 heterocycles. The summed E-state index contributed by atoms with van der Waals surface area (Å²) in [6.07, 6.45) is 1.79. The maximum Gasteiger partial charge on any atom is 0.274 e. The number of hydroxylamine groups is 1. The van der Waals surface area contributed by atoms with Crippen LogP contribution in [-0.4, -0.2) is 33.7 Å². The number of carbonyl (C=O) groups is 1. The summed E-state index contributed by atoms with van der Waals surface area (Å²) in [6, 6.07) is 4.95. The summed E-state index contributed by atoms with van der Waals surface area (Å²) >= 11 is 0. The van der Waals surface area contributed by atoms with Crippen LogP contribution in [0.4, 0.5) is 5.69 Å². The lowest BCUT2D eigenvalue weighted by Gasteiger charge is -2.16. The van der Waals surface area contributed by atoms with Gasteiger partial charge in [-0.25, -0.2) is 13.9 Å². The molecule has 2 rings (SSSR count). The summed E-state index contributed by atoms with van der Waals surface area (Å²) in [5, 5.41) is 0. The maximum atomic E-state index is 11.7. The van der Waals surface area contributed by atoms with Crippen LogP contribution in [0.25, 0.3) is 0 Å². The second-order valence-electron chi connectivity index (χ2n) is 4.29. The third-order valence-electron chi connectivity index (χ3n) is 2.90. The van der Waals surface area contributed by atoms with Crippen molar-refractivity contribution in [1.29, 1.82) is 0 Å². The fourth-order valence-corrected chi connectivity index (χ4v) is 3.01. The van der Waals surface area contributed by atoms with Gasteiger partial charge in [0.05, 0.1) is 18.6 Å². The second-order valence-corrected chi connectivity index (χ2v) is 6.20. The Morgan fingerprint density at radius 1 is 1.47 bits per heavy atom. The van der Waals surface area contributed by atoms with Gasteiger partial charge in [-0.05, 0) is 37.1 Å². The van der Waals surface area contributed by atoms with E-state index in [1.54, 1.807) is 25.1 Å². The largest absolute Gasteiger partial charge is 0.274 e. The molecule has 0 aromatic heterocycles. The van der Waals surface area contributed by atoms with Gasteiger partial charge < -0.3 is 0 Å². The molecule has 1 amide bonds. The molecule has 1 aromatic carbocycles. The zero-order valence-electron chi connectivity index (χ0n) is 10.8. The number of rotatable bonds is 4. The monoisotopic (exact) mass is 284 g/mol. The summed E-state index contributed by atoms with van der Waals surface area (Å²) in [5.74, 6) is -0.331. The minimum Gasteiger partial charge on any atom is -0.274 e. The summed E-state index contributed by atoms with van der Waals surface area (Å²) in [5.41, 5.74) is 4.28. The van der Waals surface area contributed by atoms with Gasteiger partial charge in [0, 0.05) is 12.1 Å². The molecule has 7 heteroatoms. The molecule has 104 valence electrons. The molecule has 0 bridgehead atoms. The van der Waals surface area contributed by atoms with E-state index < -0.39 is 10.0 Å². The molecule has 19 heavy (non-hydrogen) atoms. The molecule has 0 saturated carbocycles. The highest BCUT2D eigenvalue weighted by Gasteiger charge is 2.26. The molecule has 6 nitrogen and oxygen atoms in total. The molecular weight excluding hydrogens is 268 g/mol. The van der Waals surface area contributed by atoms with E-state index in [0.717, 1.165) is 5.56 Å². The highest BCUT2D eigenvalue weighted by molar-refractivity contribution is 7.92. The first-order chi connectivity index (χ1) is 8.93. The lowest BCUT2D eigenvalue weighted by molar-refractivity contribution is 0.0364. The van der Waals surface area contributed by atoms with Crippen molar-refractivity contribution < 1.29 is 18.0 Å². The molecule has 0 saturated heterocycles. The first-order valence-corrected chi connectivity index (χ1v) is 7.81. The Morgan fingerprint density at radius 3 is 2.84 bits per heavy atom. The van der Waals surface area contributed by atoms with E-state index in [-0.39, 0.29) is 5.91 Å². The number of nitrogens with zero attached hydrogens (tertiary/aromatic N) is 1. The van der Waals surface area contributed by atoms with Crippen LogP contribution in [0.5, 0.6) is 0 Å². The summed E-state index contributed by atoms with van der Waals surface area (Å²) in [7, 11) is -3.26. The number of benzene rings is 1. The molecule has 1 aromatic rings.